The Morgan fingerprint density at radius 2 is 2.35 bits per heavy atom. The summed E-state index contributed by atoms with van der Waals surface area (Å²) in [5.41, 5.74) is 4.62. The van der Waals surface area contributed by atoms with E-state index in [1.165, 1.54) is 17.6 Å². The number of aryl methyl sites for hydroxylation is 1. The zero-order valence-electron chi connectivity index (χ0n) is 12.6. The van der Waals surface area contributed by atoms with Crippen molar-refractivity contribution in [3.63, 3.8) is 0 Å². The quantitative estimate of drug-likeness (QED) is 0.454. The third-order valence-electron chi connectivity index (χ3n) is 2.75. The molecule has 1 aromatic carbocycles. The molecule has 1 N–H and O–H groups in total. The van der Waals surface area contributed by atoms with Gasteiger partial charge < -0.3 is 4.74 Å². The van der Waals surface area contributed by atoms with Crippen LogP contribution >= 0.6 is 27.3 Å². The summed E-state index contributed by atoms with van der Waals surface area (Å²) >= 11 is 4.47. The van der Waals surface area contributed by atoms with Gasteiger partial charge in [0.15, 0.2) is 0 Å². The second kappa shape index (κ2) is 8.16. The van der Waals surface area contributed by atoms with Gasteiger partial charge >= 0.3 is 5.97 Å². The van der Waals surface area contributed by atoms with Crippen LogP contribution < -0.4 is 5.43 Å². The lowest BCUT2D eigenvalue weighted by Gasteiger charge is -2.01. The van der Waals surface area contributed by atoms with Crippen LogP contribution in [0.25, 0.3) is 0 Å². The van der Waals surface area contributed by atoms with Crippen LogP contribution in [0.5, 0.6) is 0 Å². The smallest absolute Gasteiger partial charge is 0.311 e. The number of thiazole rings is 1. The van der Waals surface area contributed by atoms with Crippen molar-refractivity contribution in [1.82, 2.24) is 4.98 Å². The highest BCUT2D eigenvalue weighted by molar-refractivity contribution is 9.10. The first-order valence-corrected chi connectivity index (χ1v) is 8.51. The fraction of sp³-hybridized carbons (Fsp3) is 0.267. The van der Waals surface area contributed by atoms with E-state index in [2.05, 4.69) is 31.4 Å². The Morgan fingerprint density at radius 3 is 3.09 bits per heavy atom. The summed E-state index contributed by atoms with van der Waals surface area (Å²) in [4.78, 5) is 15.6. The predicted molar refractivity (Wildman–Crippen MR) is 92.5 cm³/mol. The molecule has 0 bridgehead atoms. The summed E-state index contributed by atoms with van der Waals surface area (Å²) in [5.74, 6) is -0.692. The Balaban J connectivity index is 1.99. The average Bonchev–Trinajstić information content (AvgIpc) is 2.91. The van der Waals surface area contributed by atoms with Crippen molar-refractivity contribution in [2.24, 2.45) is 5.10 Å². The molecule has 0 aliphatic carbocycles. The van der Waals surface area contributed by atoms with E-state index in [0.717, 1.165) is 5.56 Å². The fourth-order valence-corrected chi connectivity index (χ4v) is 3.05. The topological polar surface area (TPSA) is 63.6 Å². The maximum absolute atomic E-state index is 13.9. The van der Waals surface area contributed by atoms with Crippen molar-refractivity contribution in [3.8, 4) is 0 Å². The number of anilines is 1. The van der Waals surface area contributed by atoms with Crippen LogP contribution in [0.15, 0.2) is 27.1 Å². The molecule has 0 radical (unpaired) electrons. The number of carbonyl (C=O) groups excluding carboxylic acids is 1. The summed E-state index contributed by atoms with van der Waals surface area (Å²) < 4.78 is 19.1. The van der Waals surface area contributed by atoms with Crippen LogP contribution in [0, 0.1) is 12.7 Å². The summed E-state index contributed by atoms with van der Waals surface area (Å²) in [6.07, 6.45) is 1.51. The van der Waals surface area contributed by atoms with Crippen LogP contribution in [0.4, 0.5) is 9.52 Å². The van der Waals surface area contributed by atoms with Crippen LogP contribution in [-0.2, 0) is 16.0 Å². The molecule has 0 unspecified atom stereocenters. The van der Waals surface area contributed by atoms with Crippen molar-refractivity contribution in [2.45, 2.75) is 20.3 Å². The molecule has 0 fully saturated rings. The van der Waals surface area contributed by atoms with Gasteiger partial charge in [-0.1, -0.05) is 0 Å². The molecule has 5 nitrogen and oxygen atoms in total. The Labute approximate surface area is 145 Å². The Hall–Kier alpha value is -1.80. The first kappa shape index (κ1) is 17.6. The van der Waals surface area contributed by atoms with E-state index >= 15 is 0 Å². The Bertz CT molecular complexity index is 734. The number of hydrazone groups is 1. The molecule has 0 atom stereocenters. The first-order chi connectivity index (χ1) is 11.0. The molecule has 0 saturated carbocycles. The zero-order valence-corrected chi connectivity index (χ0v) is 15.0. The third kappa shape index (κ3) is 5.11. The van der Waals surface area contributed by atoms with Gasteiger partial charge in [0.1, 0.15) is 5.82 Å². The molecule has 2 aromatic rings. The number of benzene rings is 1. The highest BCUT2D eigenvalue weighted by Crippen LogP contribution is 2.20. The standard InChI is InChI=1S/C15H15BrFN3O2S/c1-3-22-13(21)6-11-8-23-15(19-11)20-18-7-10-4-9(2)5-12(16)14(10)17/h4-5,7-8H,3,6H2,1-2H3,(H,19,20). The number of halogens is 2. The highest BCUT2D eigenvalue weighted by atomic mass is 79.9. The number of carbonyl (C=O) groups is 1. The van der Waals surface area contributed by atoms with Crippen LogP contribution in [-0.4, -0.2) is 23.8 Å². The Kier molecular flexibility index (Phi) is 6.23. The number of ether oxygens (including phenoxy) is 1. The van der Waals surface area contributed by atoms with Crippen molar-refractivity contribution in [1.29, 1.82) is 0 Å². The van der Waals surface area contributed by atoms with E-state index in [1.807, 2.05) is 6.92 Å². The summed E-state index contributed by atoms with van der Waals surface area (Å²) in [6, 6.07) is 3.39. The zero-order chi connectivity index (χ0) is 16.8. The van der Waals surface area contributed by atoms with E-state index in [1.54, 1.807) is 24.4 Å². The van der Waals surface area contributed by atoms with E-state index in [-0.39, 0.29) is 18.2 Å². The SMILES string of the molecule is CCOC(=O)Cc1csc(NN=Cc2cc(C)cc(Br)c2F)n1. The van der Waals surface area contributed by atoms with Gasteiger partial charge in [-0.2, -0.15) is 5.10 Å². The van der Waals surface area contributed by atoms with E-state index in [0.29, 0.717) is 27.5 Å². The predicted octanol–water partition coefficient (Wildman–Crippen LogP) is 3.90. The van der Waals surface area contributed by atoms with Gasteiger partial charge in [-0.25, -0.2) is 9.37 Å². The molecule has 1 aromatic heterocycles. The minimum absolute atomic E-state index is 0.120. The maximum atomic E-state index is 13.9. The second-order valence-electron chi connectivity index (χ2n) is 4.65. The lowest BCUT2D eigenvalue weighted by molar-refractivity contribution is -0.142. The molecule has 23 heavy (non-hydrogen) atoms. The molecule has 0 amide bonds. The van der Waals surface area contributed by atoms with Gasteiger partial charge in [0.05, 0.1) is 29.4 Å². The molecule has 2 rings (SSSR count). The minimum atomic E-state index is -0.372. The third-order valence-corrected chi connectivity index (χ3v) is 4.12. The average molecular weight is 400 g/mol. The van der Waals surface area contributed by atoms with Gasteiger partial charge in [0, 0.05) is 10.9 Å². The van der Waals surface area contributed by atoms with Gasteiger partial charge in [0.2, 0.25) is 5.13 Å². The molecule has 0 aliphatic heterocycles. The molecule has 8 heteroatoms. The fourth-order valence-electron chi connectivity index (χ4n) is 1.80. The van der Waals surface area contributed by atoms with Crippen LogP contribution in [0.1, 0.15) is 23.7 Å². The van der Waals surface area contributed by atoms with E-state index < -0.39 is 0 Å². The maximum Gasteiger partial charge on any atom is 0.311 e. The van der Waals surface area contributed by atoms with Gasteiger partial charge in [-0.3, -0.25) is 10.2 Å². The summed E-state index contributed by atoms with van der Waals surface area (Å²) in [7, 11) is 0. The minimum Gasteiger partial charge on any atom is -0.466 e. The molecule has 1 heterocycles. The van der Waals surface area contributed by atoms with Crippen LogP contribution in [0.3, 0.4) is 0 Å². The van der Waals surface area contributed by atoms with Gasteiger partial charge in [-0.05, 0) is 47.5 Å². The van der Waals surface area contributed by atoms with Gasteiger partial charge in [0.25, 0.3) is 0 Å². The molecule has 122 valence electrons. The molecular formula is C15H15BrFN3O2S. The van der Waals surface area contributed by atoms with Gasteiger partial charge in [-0.15, -0.1) is 11.3 Å². The highest BCUT2D eigenvalue weighted by Gasteiger charge is 2.08. The van der Waals surface area contributed by atoms with Crippen molar-refractivity contribution >= 4 is 44.6 Å². The Morgan fingerprint density at radius 1 is 1.57 bits per heavy atom. The largest absolute Gasteiger partial charge is 0.466 e. The molecule has 0 spiro atoms. The first-order valence-electron chi connectivity index (χ1n) is 6.84. The van der Waals surface area contributed by atoms with Crippen LogP contribution in [0.2, 0.25) is 0 Å². The lowest BCUT2D eigenvalue weighted by Crippen LogP contribution is -2.07. The number of hydrogen-bond acceptors (Lipinski definition) is 6. The number of nitrogens with one attached hydrogen (secondary N) is 1. The number of rotatable bonds is 6. The second-order valence-corrected chi connectivity index (χ2v) is 6.36. The number of esters is 1. The molecular weight excluding hydrogens is 385 g/mol. The number of hydrogen-bond donors (Lipinski definition) is 1. The van der Waals surface area contributed by atoms with E-state index in [4.69, 9.17) is 4.74 Å². The summed E-state index contributed by atoms with van der Waals surface area (Å²) in [5, 5.41) is 6.25. The van der Waals surface area contributed by atoms with Crippen molar-refractivity contribution in [2.75, 3.05) is 12.0 Å². The number of aromatic nitrogens is 1. The van der Waals surface area contributed by atoms with Crippen molar-refractivity contribution in [3.05, 3.63) is 44.6 Å². The number of nitrogens with zero attached hydrogens (tertiary/aromatic N) is 2. The van der Waals surface area contributed by atoms with E-state index in [9.17, 15) is 9.18 Å². The summed E-state index contributed by atoms with van der Waals surface area (Å²) in [6.45, 7) is 3.97. The molecule has 0 saturated heterocycles. The van der Waals surface area contributed by atoms with Crippen molar-refractivity contribution < 1.29 is 13.9 Å². The molecule has 0 aliphatic rings. The normalized spacial score (nSPS) is 11.0. The monoisotopic (exact) mass is 399 g/mol. The lowest BCUT2D eigenvalue weighted by atomic mass is 10.1.